The Morgan fingerprint density at radius 1 is 1.17 bits per heavy atom. The molecule has 3 heterocycles. The van der Waals surface area contributed by atoms with Gasteiger partial charge in [-0.25, -0.2) is 14.4 Å². The molecule has 1 atom stereocenters. The number of allylic oxidation sites excluding steroid dienone is 7. The topological polar surface area (TPSA) is 43.7 Å². The van der Waals surface area contributed by atoms with Gasteiger partial charge >= 0.3 is 0 Å². The fraction of sp³-hybridized carbons (Fsp3) is 0.379. The molecule has 0 bridgehead atoms. The van der Waals surface area contributed by atoms with Crippen molar-refractivity contribution in [3.8, 4) is 5.75 Å². The molecule has 0 aromatic heterocycles. The van der Waals surface area contributed by atoms with Crippen molar-refractivity contribution in [2.45, 2.75) is 46.0 Å². The molecule has 36 heavy (non-hydrogen) atoms. The average molecular weight is 488 g/mol. The van der Waals surface area contributed by atoms with E-state index in [1.54, 1.807) is 13.2 Å². The minimum Gasteiger partial charge on any atom is -0.495 e. The van der Waals surface area contributed by atoms with E-state index in [9.17, 15) is 4.39 Å². The molecule has 188 valence electrons. The predicted octanol–water partition coefficient (Wildman–Crippen LogP) is 6.28. The summed E-state index contributed by atoms with van der Waals surface area (Å²) < 4.78 is 19.5. The largest absolute Gasteiger partial charge is 0.495 e. The van der Waals surface area contributed by atoms with Gasteiger partial charge in [-0.1, -0.05) is 12.1 Å². The molecule has 1 saturated heterocycles. The fourth-order valence-corrected chi connectivity index (χ4v) is 5.15. The van der Waals surface area contributed by atoms with Gasteiger partial charge in [-0.3, -0.25) is 10.0 Å². The fourth-order valence-electron chi connectivity index (χ4n) is 5.15. The van der Waals surface area contributed by atoms with Crippen LogP contribution in [0.1, 0.15) is 45.1 Å². The summed E-state index contributed by atoms with van der Waals surface area (Å²) in [5, 5.41) is 4.46. The van der Waals surface area contributed by atoms with Gasteiger partial charge in [-0.15, -0.1) is 0 Å². The van der Waals surface area contributed by atoms with Crippen molar-refractivity contribution < 1.29 is 9.13 Å². The summed E-state index contributed by atoms with van der Waals surface area (Å²) in [4.78, 5) is 11.5. The zero-order valence-corrected chi connectivity index (χ0v) is 21.3. The number of piperidine rings is 1. The molecule has 7 heteroatoms. The number of benzene rings is 1. The van der Waals surface area contributed by atoms with E-state index in [0.29, 0.717) is 12.3 Å². The molecular weight excluding hydrogens is 453 g/mol. The van der Waals surface area contributed by atoms with E-state index in [4.69, 9.17) is 9.73 Å². The lowest BCUT2D eigenvalue weighted by Crippen LogP contribution is -2.51. The molecule has 1 fully saturated rings. The van der Waals surface area contributed by atoms with Crippen LogP contribution in [0.3, 0.4) is 0 Å². The second kappa shape index (κ2) is 10.6. The summed E-state index contributed by atoms with van der Waals surface area (Å²) in [6.45, 7) is 5.76. The lowest BCUT2D eigenvalue weighted by atomic mass is 9.90. The molecule has 1 aromatic carbocycles. The first-order valence-electron chi connectivity index (χ1n) is 12.7. The molecule has 4 aliphatic rings. The molecular formula is C29H34FN5O. The molecule has 1 aliphatic carbocycles. The number of hydrogen-bond acceptors (Lipinski definition) is 6. The summed E-state index contributed by atoms with van der Waals surface area (Å²) in [5.74, 6) is 2.14. The number of hydrazine groups is 1. The maximum Gasteiger partial charge on any atom is 0.142 e. The maximum atomic E-state index is 13.8. The number of aliphatic imine (C=N–C) groups is 2. The van der Waals surface area contributed by atoms with Gasteiger partial charge in [-0.2, -0.15) is 0 Å². The molecule has 0 N–H and O–H groups in total. The van der Waals surface area contributed by atoms with Crippen LogP contribution in [-0.4, -0.2) is 42.4 Å². The minimum absolute atomic E-state index is 0.214. The predicted molar refractivity (Wildman–Crippen MR) is 144 cm³/mol. The van der Waals surface area contributed by atoms with Crippen LogP contribution in [0, 0.1) is 5.92 Å². The number of aryl methyl sites for hydroxylation is 1. The van der Waals surface area contributed by atoms with E-state index in [2.05, 4.69) is 50.4 Å². The number of ether oxygens (including phenoxy) is 1. The first kappa shape index (κ1) is 24.1. The number of amidine groups is 1. The third-order valence-electron chi connectivity index (χ3n) is 7.06. The number of fused-ring (bicyclic) bond motifs is 1. The van der Waals surface area contributed by atoms with Gasteiger partial charge in [0.1, 0.15) is 17.4 Å². The van der Waals surface area contributed by atoms with E-state index in [-0.39, 0.29) is 5.83 Å². The van der Waals surface area contributed by atoms with Gasteiger partial charge in [-0.05, 0) is 81.5 Å². The molecule has 1 unspecified atom stereocenters. The summed E-state index contributed by atoms with van der Waals surface area (Å²) in [7, 11) is 1.72. The molecule has 5 rings (SSSR count). The summed E-state index contributed by atoms with van der Waals surface area (Å²) in [6.07, 6.45) is 17.7. The summed E-state index contributed by atoms with van der Waals surface area (Å²) in [6, 6.07) is 6.48. The normalized spacial score (nSPS) is 21.7. The van der Waals surface area contributed by atoms with Gasteiger partial charge < -0.3 is 9.64 Å². The maximum absolute atomic E-state index is 13.8. The number of nitrogens with zero attached hydrogens (tertiary/aromatic N) is 5. The SMILES string of the molecule is COc1cc(CCC2CCCN3C2=NC(C)=CN3C2=CC=C(F)C=CC2)ccc1N1C=NC(C)=CC1. The van der Waals surface area contributed by atoms with E-state index in [0.717, 1.165) is 73.1 Å². The highest BCUT2D eigenvalue weighted by atomic mass is 19.1. The van der Waals surface area contributed by atoms with Crippen molar-refractivity contribution in [3.63, 3.8) is 0 Å². The summed E-state index contributed by atoms with van der Waals surface area (Å²) in [5.41, 5.74) is 5.35. The second-order valence-corrected chi connectivity index (χ2v) is 9.65. The molecule has 0 amide bonds. The standard InChI is InChI=1S/C29H34FN5O/c1-21-15-17-33(20-31-21)27-14-10-23(18-28(27)36-3)9-11-24-6-5-16-34-29(24)32-22(2)19-35(34)26-8-4-7-25(30)12-13-26/h4,7,10,12-15,18-20,24H,5-6,8-9,11,16-17H2,1-3H3. The Bertz CT molecular complexity index is 1220. The smallest absolute Gasteiger partial charge is 0.142 e. The third kappa shape index (κ3) is 5.15. The van der Waals surface area contributed by atoms with Crippen molar-refractivity contribution in [3.05, 3.63) is 83.3 Å². The van der Waals surface area contributed by atoms with Crippen LogP contribution >= 0.6 is 0 Å². The molecule has 0 saturated carbocycles. The number of hydrogen-bond donors (Lipinski definition) is 0. The number of methoxy groups -OCH3 is 1. The van der Waals surface area contributed by atoms with Gasteiger partial charge in [0.05, 0.1) is 24.8 Å². The van der Waals surface area contributed by atoms with Crippen LogP contribution < -0.4 is 9.64 Å². The number of halogens is 1. The molecule has 1 aromatic rings. The lowest BCUT2D eigenvalue weighted by molar-refractivity contribution is 0.108. The van der Waals surface area contributed by atoms with Crippen LogP contribution in [0.15, 0.2) is 87.7 Å². The van der Waals surface area contributed by atoms with Crippen LogP contribution in [0.4, 0.5) is 10.1 Å². The average Bonchev–Trinajstić information content (AvgIpc) is 3.11. The van der Waals surface area contributed by atoms with Crippen molar-refractivity contribution >= 4 is 17.9 Å². The van der Waals surface area contributed by atoms with Crippen molar-refractivity contribution in [1.29, 1.82) is 0 Å². The van der Waals surface area contributed by atoms with Gasteiger partial charge in [0, 0.05) is 43.0 Å². The van der Waals surface area contributed by atoms with Gasteiger partial charge in [0.15, 0.2) is 0 Å². The molecule has 0 radical (unpaired) electrons. The molecule has 3 aliphatic heterocycles. The number of rotatable bonds is 6. The monoisotopic (exact) mass is 487 g/mol. The Hall–Kier alpha value is -3.61. The minimum atomic E-state index is -0.214. The van der Waals surface area contributed by atoms with E-state index < -0.39 is 0 Å². The zero-order valence-electron chi connectivity index (χ0n) is 21.3. The van der Waals surface area contributed by atoms with E-state index >= 15 is 0 Å². The van der Waals surface area contributed by atoms with Crippen LogP contribution in [-0.2, 0) is 6.42 Å². The highest BCUT2D eigenvalue weighted by Crippen LogP contribution is 2.34. The van der Waals surface area contributed by atoms with E-state index in [1.165, 1.54) is 11.6 Å². The van der Waals surface area contributed by atoms with Crippen LogP contribution in [0.2, 0.25) is 0 Å². The van der Waals surface area contributed by atoms with Crippen molar-refractivity contribution in [2.75, 3.05) is 25.1 Å². The Morgan fingerprint density at radius 2 is 2.06 bits per heavy atom. The van der Waals surface area contributed by atoms with Crippen molar-refractivity contribution in [2.24, 2.45) is 15.9 Å². The molecule has 0 spiro atoms. The van der Waals surface area contributed by atoms with Crippen LogP contribution in [0.5, 0.6) is 5.75 Å². The zero-order chi connectivity index (χ0) is 25.1. The quantitative estimate of drug-likeness (QED) is 0.474. The highest BCUT2D eigenvalue weighted by Gasteiger charge is 2.33. The van der Waals surface area contributed by atoms with E-state index in [1.807, 2.05) is 32.3 Å². The van der Waals surface area contributed by atoms with Crippen LogP contribution in [0.25, 0.3) is 0 Å². The first-order valence-corrected chi connectivity index (χ1v) is 12.7. The lowest BCUT2D eigenvalue weighted by Gasteiger charge is -2.45. The third-order valence-corrected chi connectivity index (χ3v) is 7.06. The molecule has 6 nitrogen and oxygen atoms in total. The van der Waals surface area contributed by atoms with Gasteiger partial charge in [0.25, 0.3) is 0 Å². The first-order chi connectivity index (χ1) is 17.5. The Labute approximate surface area is 213 Å². The Kier molecular flexibility index (Phi) is 7.07. The Morgan fingerprint density at radius 3 is 2.86 bits per heavy atom. The van der Waals surface area contributed by atoms with Crippen molar-refractivity contribution in [1.82, 2.24) is 10.0 Å². The second-order valence-electron chi connectivity index (χ2n) is 9.65. The Balaban J connectivity index is 1.30. The summed E-state index contributed by atoms with van der Waals surface area (Å²) >= 11 is 0. The van der Waals surface area contributed by atoms with Gasteiger partial charge in [0.2, 0.25) is 0 Å². The highest BCUT2D eigenvalue weighted by molar-refractivity contribution is 5.87. The number of anilines is 1.